The molecule has 6 nitrogen and oxygen atoms in total. The molecular formula is C21H19N5O. The van der Waals surface area contributed by atoms with Gasteiger partial charge in [-0.15, -0.1) is 0 Å². The van der Waals surface area contributed by atoms with Gasteiger partial charge in [0.1, 0.15) is 0 Å². The van der Waals surface area contributed by atoms with Crippen LogP contribution in [0.25, 0.3) is 11.4 Å². The highest BCUT2D eigenvalue weighted by Crippen LogP contribution is 2.17. The Hall–Kier alpha value is -3.67. The lowest BCUT2D eigenvalue weighted by molar-refractivity contribution is 0.0940. The van der Waals surface area contributed by atoms with E-state index in [4.69, 9.17) is 0 Å². The zero-order chi connectivity index (χ0) is 18.6. The Bertz CT molecular complexity index is 1000. The van der Waals surface area contributed by atoms with Crippen molar-refractivity contribution < 1.29 is 4.79 Å². The molecule has 0 spiro atoms. The van der Waals surface area contributed by atoms with Gasteiger partial charge in [0.15, 0.2) is 0 Å². The zero-order valence-corrected chi connectivity index (χ0v) is 14.9. The Balaban J connectivity index is 1.43. The summed E-state index contributed by atoms with van der Waals surface area (Å²) in [4.78, 5) is 16.6. The summed E-state index contributed by atoms with van der Waals surface area (Å²) >= 11 is 0. The fourth-order valence-electron chi connectivity index (χ4n) is 2.90. The first-order valence-corrected chi connectivity index (χ1v) is 8.70. The molecule has 4 rings (SSSR count). The first-order valence-electron chi connectivity index (χ1n) is 8.70. The first-order chi connectivity index (χ1) is 13.2. The molecule has 0 aliphatic rings. The Kier molecular flexibility index (Phi) is 4.53. The van der Waals surface area contributed by atoms with Crippen LogP contribution in [0.1, 0.15) is 28.9 Å². The SMILES string of the molecule is C[C@@H](NC(=O)c1ccc(-n2cccn2)cc1)c1ccc(-n2ccnc2)cc1. The highest BCUT2D eigenvalue weighted by Gasteiger charge is 2.12. The standard InChI is InChI=1S/C21H19N5O/c1-16(17-3-7-19(8-4-17)25-14-12-22-15-25)24-21(27)18-5-9-20(10-6-18)26-13-2-11-23-26/h2-16H,1H3,(H,24,27)/t16-/m1/s1. The second-order valence-electron chi connectivity index (χ2n) is 6.25. The Morgan fingerprint density at radius 3 is 2.33 bits per heavy atom. The van der Waals surface area contributed by atoms with Gasteiger partial charge in [-0.25, -0.2) is 9.67 Å². The van der Waals surface area contributed by atoms with Gasteiger partial charge in [-0.3, -0.25) is 4.79 Å². The minimum absolute atomic E-state index is 0.0971. The van der Waals surface area contributed by atoms with Crippen molar-refractivity contribution in [2.45, 2.75) is 13.0 Å². The number of aromatic nitrogens is 4. The number of hydrogen-bond donors (Lipinski definition) is 1. The molecule has 0 bridgehead atoms. The molecule has 4 aromatic rings. The fraction of sp³-hybridized carbons (Fsp3) is 0.0952. The van der Waals surface area contributed by atoms with Crippen LogP contribution in [0.15, 0.2) is 85.7 Å². The van der Waals surface area contributed by atoms with Crippen molar-refractivity contribution in [1.82, 2.24) is 24.6 Å². The average Bonchev–Trinajstić information content (AvgIpc) is 3.42. The van der Waals surface area contributed by atoms with E-state index < -0.39 is 0 Å². The molecule has 0 radical (unpaired) electrons. The average molecular weight is 357 g/mol. The van der Waals surface area contributed by atoms with Crippen molar-refractivity contribution in [2.24, 2.45) is 0 Å². The highest BCUT2D eigenvalue weighted by molar-refractivity contribution is 5.94. The summed E-state index contributed by atoms with van der Waals surface area (Å²) < 4.78 is 3.69. The van der Waals surface area contributed by atoms with Gasteiger partial charge in [0.2, 0.25) is 0 Å². The third-order valence-electron chi connectivity index (χ3n) is 4.44. The summed E-state index contributed by atoms with van der Waals surface area (Å²) in [6.45, 7) is 1.97. The van der Waals surface area contributed by atoms with E-state index in [1.165, 1.54) is 0 Å². The summed E-state index contributed by atoms with van der Waals surface area (Å²) in [6, 6.07) is 17.2. The molecule has 134 valence electrons. The number of amides is 1. The monoisotopic (exact) mass is 357 g/mol. The van der Waals surface area contributed by atoms with Crippen LogP contribution in [0.4, 0.5) is 0 Å². The van der Waals surface area contributed by atoms with Crippen molar-refractivity contribution >= 4 is 5.91 Å². The van der Waals surface area contributed by atoms with Gasteiger partial charge < -0.3 is 9.88 Å². The molecule has 1 amide bonds. The molecule has 0 unspecified atom stereocenters. The molecular weight excluding hydrogens is 338 g/mol. The molecule has 27 heavy (non-hydrogen) atoms. The normalized spacial score (nSPS) is 11.9. The van der Waals surface area contributed by atoms with Gasteiger partial charge in [-0.05, 0) is 55.0 Å². The minimum atomic E-state index is -0.104. The number of nitrogens with one attached hydrogen (secondary N) is 1. The summed E-state index contributed by atoms with van der Waals surface area (Å²) in [6.07, 6.45) is 8.99. The molecule has 1 N–H and O–H groups in total. The van der Waals surface area contributed by atoms with Crippen LogP contribution in [0, 0.1) is 0 Å². The van der Waals surface area contributed by atoms with Crippen LogP contribution in [-0.4, -0.2) is 25.2 Å². The number of carbonyl (C=O) groups is 1. The van der Waals surface area contributed by atoms with E-state index in [1.807, 2.05) is 66.3 Å². The number of benzene rings is 2. The van der Waals surface area contributed by atoms with Gasteiger partial charge in [0, 0.05) is 36.0 Å². The molecule has 0 fully saturated rings. The third kappa shape index (κ3) is 3.64. The molecule has 2 heterocycles. The Morgan fingerprint density at radius 2 is 1.70 bits per heavy atom. The lowest BCUT2D eigenvalue weighted by atomic mass is 10.1. The molecule has 1 atom stereocenters. The number of rotatable bonds is 5. The largest absolute Gasteiger partial charge is 0.346 e. The molecule has 0 saturated carbocycles. The van der Waals surface area contributed by atoms with Gasteiger partial charge >= 0.3 is 0 Å². The predicted molar refractivity (Wildman–Crippen MR) is 103 cm³/mol. The van der Waals surface area contributed by atoms with Crippen molar-refractivity contribution in [1.29, 1.82) is 0 Å². The Labute approximate surface area is 157 Å². The number of nitrogens with zero attached hydrogens (tertiary/aromatic N) is 4. The Morgan fingerprint density at radius 1 is 0.963 bits per heavy atom. The summed E-state index contributed by atoms with van der Waals surface area (Å²) in [5.41, 5.74) is 3.61. The maximum Gasteiger partial charge on any atom is 0.251 e. The molecule has 6 heteroatoms. The van der Waals surface area contributed by atoms with Crippen molar-refractivity contribution in [3.63, 3.8) is 0 Å². The van der Waals surface area contributed by atoms with E-state index in [9.17, 15) is 4.79 Å². The van der Waals surface area contributed by atoms with Gasteiger partial charge in [0.05, 0.1) is 18.1 Å². The summed E-state index contributed by atoms with van der Waals surface area (Å²) in [5, 5.41) is 7.23. The topological polar surface area (TPSA) is 64.7 Å². The maximum atomic E-state index is 12.5. The van der Waals surface area contributed by atoms with Crippen LogP contribution in [0.2, 0.25) is 0 Å². The second kappa shape index (κ2) is 7.29. The van der Waals surface area contributed by atoms with Crippen molar-refractivity contribution in [3.8, 4) is 11.4 Å². The summed E-state index contributed by atoms with van der Waals surface area (Å²) in [7, 11) is 0. The maximum absolute atomic E-state index is 12.5. The molecule has 2 aromatic heterocycles. The number of carbonyl (C=O) groups excluding carboxylic acids is 1. The van der Waals surface area contributed by atoms with Crippen LogP contribution in [0.5, 0.6) is 0 Å². The molecule has 0 aliphatic heterocycles. The molecule has 0 aliphatic carbocycles. The van der Waals surface area contributed by atoms with E-state index in [0.717, 1.165) is 16.9 Å². The summed E-state index contributed by atoms with van der Waals surface area (Å²) in [5.74, 6) is -0.104. The predicted octanol–water partition coefficient (Wildman–Crippen LogP) is 3.55. The van der Waals surface area contributed by atoms with Gasteiger partial charge in [-0.1, -0.05) is 12.1 Å². The smallest absolute Gasteiger partial charge is 0.251 e. The van der Waals surface area contributed by atoms with Crippen LogP contribution in [0.3, 0.4) is 0 Å². The lowest BCUT2D eigenvalue weighted by Crippen LogP contribution is -2.26. The lowest BCUT2D eigenvalue weighted by Gasteiger charge is -2.15. The van der Waals surface area contributed by atoms with Gasteiger partial charge in [0.25, 0.3) is 5.91 Å². The first kappa shape index (κ1) is 16.8. The van der Waals surface area contributed by atoms with E-state index in [-0.39, 0.29) is 11.9 Å². The molecule has 2 aromatic carbocycles. The van der Waals surface area contributed by atoms with E-state index >= 15 is 0 Å². The van der Waals surface area contributed by atoms with E-state index in [2.05, 4.69) is 15.4 Å². The highest BCUT2D eigenvalue weighted by atomic mass is 16.1. The van der Waals surface area contributed by atoms with Crippen LogP contribution < -0.4 is 5.32 Å². The van der Waals surface area contributed by atoms with Crippen LogP contribution in [-0.2, 0) is 0 Å². The van der Waals surface area contributed by atoms with Gasteiger partial charge in [-0.2, -0.15) is 5.10 Å². The number of hydrogen-bond acceptors (Lipinski definition) is 3. The van der Waals surface area contributed by atoms with Crippen molar-refractivity contribution in [3.05, 3.63) is 96.8 Å². The third-order valence-corrected chi connectivity index (χ3v) is 4.44. The number of imidazole rings is 1. The van der Waals surface area contributed by atoms with Crippen LogP contribution >= 0.6 is 0 Å². The second-order valence-corrected chi connectivity index (χ2v) is 6.25. The fourth-order valence-corrected chi connectivity index (χ4v) is 2.90. The van der Waals surface area contributed by atoms with Crippen molar-refractivity contribution in [2.75, 3.05) is 0 Å². The van der Waals surface area contributed by atoms with E-state index in [0.29, 0.717) is 5.56 Å². The quantitative estimate of drug-likeness (QED) is 0.594. The minimum Gasteiger partial charge on any atom is -0.346 e. The molecule has 0 saturated heterocycles. The zero-order valence-electron chi connectivity index (χ0n) is 14.9. The van der Waals surface area contributed by atoms with E-state index in [1.54, 1.807) is 35.5 Å².